The van der Waals surface area contributed by atoms with Crippen LogP contribution in [0.5, 0.6) is 0 Å². The zero-order valence-electron chi connectivity index (χ0n) is 7.00. The number of likely N-dealkylation sites (N-methyl/N-ethyl adjacent to an activating group) is 1. The number of hydrogen-bond donors (Lipinski definition) is 1. The fourth-order valence-corrected chi connectivity index (χ4v) is 1.50. The molecule has 1 aliphatic rings. The lowest BCUT2D eigenvalue weighted by molar-refractivity contribution is 0.306. The molecule has 0 unspecified atom stereocenters. The summed E-state index contributed by atoms with van der Waals surface area (Å²) < 4.78 is 0. The highest BCUT2D eigenvalue weighted by molar-refractivity contribution is 5.18. The molecule has 2 rings (SSSR count). The van der Waals surface area contributed by atoms with Crippen molar-refractivity contribution >= 4 is 0 Å². The van der Waals surface area contributed by atoms with E-state index < -0.39 is 0 Å². The van der Waals surface area contributed by atoms with Gasteiger partial charge in [-0.1, -0.05) is 0 Å². The third kappa shape index (κ3) is 1.14. The molecule has 12 heavy (non-hydrogen) atoms. The summed E-state index contributed by atoms with van der Waals surface area (Å²) >= 11 is 0. The number of aromatic amines is 1. The number of H-pyrrole nitrogens is 1. The highest BCUT2D eigenvalue weighted by Gasteiger charge is 2.16. The second kappa shape index (κ2) is 2.71. The molecule has 2 heterocycles. The van der Waals surface area contributed by atoms with Crippen LogP contribution in [0.15, 0.2) is 11.1 Å². The first-order chi connectivity index (χ1) is 5.77. The summed E-state index contributed by atoms with van der Waals surface area (Å²) in [5.41, 5.74) is 1.80. The largest absolute Gasteiger partial charge is 0.313 e. The lowest BCUT2D eigenvalue weighted by Gasteiger charge is -2.22. The molecule has 0 amide bonds. The third-order valence-corrected chi connectivity index (χ3v) is 2.20. The van der Waals surface area contributed by atoms with Crippen molar-refractivity contribution in [2.75, 3.05) is 13.6 Å². The first-order valence-corrected chi connectivity index (χ1v) is 4.01. The van der Waals surface area contributed by atoms with Gasteiger partial charge in [-0.25, -0.2) is 4.98 Å². The van der Waals surface area contributed by atoms with E-state index in [1.807, 2.05) is 7.05 Å². The SMILES string of the molecule is CN1CCc2c(nc[nH]c2=O)C1. The Kier molecular flexibility index (Phi) is 1.69. The molecule has 4 nitrogen and oxygen atoms in total. The molecule has 0 aromatic carbocycles. The van der Waals surface area contributed by atoms with Gasteiger partial charge in [-0.15, -0.1) is 0 Å². The molecule has 0 aliphatic carbocycles. The van der Waals surface area contributed by atoms with Crippen molar-refractivity contribution in [1.82, 2.24) is 14.9 Å². The van der Waals surface area contributed by atoms with E-state index >= 15 is 0 Å². The van der Waals surface area contributed by atoms with Crippen molar-refractivity contribution < 1.29 is 0 Å². The minimum Gasteiger partial charge on any atom is -0.313 e. The van der Waals surface area contributed by atoms with Crippen LogP contribution >= 0.6 is 0 Å². The average molecular weight is 165 g/mol. The van der Waals surface area contributed by atoms with Gasteiger partial charge in [0.15, 0.2) is 0 Å². The second-order valence-corrected chi connectivity index (χ2v) is 3.14. The Bertz CT molecular complexity index is 344. The second-order valence-electron chi connectivity index (χ2n) is 3.14. The summed E-state index contributed by atoms with van der Waals surface area (Å²) in [5.74, 6) is 0. The van der Waals surface area contributed by atoms with Crippen molar-refractivity contribution in [3.8, 4) is 0 Å². The average Bonchev–Trinajstić information content (AvgIpc) is 2.04. The van der Waals surface area contributed by atoms with Gasteiger partial charge in [-0.3, -0.25) is 4.79 Å². The van der Waals surface area contributed by atoms with Crippen LogP contribution in [0.25, 0.3) is 0 Å². The molecule has 1 N–H and O–H groups in total. The number of fused-ring (bicyclic) bond motifs is 1. The number of aromatic nitrogens is 2. The minimum atomic E-state index is 0.0214. The van der Waals surface area contributed by atoms with Crippen LogP contribution in [-0.4, -0.2) is 28.5 Å². The van der Waals surface area contributed by atoms with E-state index in [9.17, 15) is 4.79 Å². The monoisotopic (exact) mass is 165 g/mol. The minimum absolute atomic E-state index is 0.0214. The predicted octanol–water partition coefficient (Wildman–Crippen LogP) is -0.242. The van der Waals surface area contributed by atoms with Crippen molar-refractivity contribution in [2.24, 2.45) is 0 Å². The number of nitrogens with zero attached hydrogens (tertiary/aromatic N) is 2. The van der Waals surface area contributed by atoms with Crippen LogP contribution in [0, 0.1) is 0 Å². The van der Waals surface area contributed by atoms with Gasteiger partial charge < -0.3 is 9.88 Å². The molecule has 4 heteroatoms. The summed E-state index contributed by atoms with van der Waals surface area (Å²) in [7, 11) is 2.03. The molecule has 0 fully saturated rings. The molecular weight excluding hydrogens is 154 g/mol. The molecule has 0 saturated carbocycles. The molecule has 0 radical (unpaired) electrons. The fourth-order valence-electron chi connectivity index (χ4n) is 1.50. The summed E-state index contributed by atoms with van der Waals surface area (Å²) in [6.45, 7) is 1.74. The fraction of sp³-hybridized carbons (Fsp3) is 0.500. The first kappa shape index (κ1) is 7.49. The van der Waals surface area contributed by atoms with Gasteiger partial charge in [0.05, 0.1) is 12.0 Å². The van der Waals surface area contributed by atoms with E-state index in [0.29, 0.717) is 0 Å². The standard InChI is InChI=1S/C8H11N3O/c1-11-3-2-6-7(4-11)9-5-10-8(6)12/h5H,2-4H2,1H3,(H,9,10,12). The molecule has 1 aromatic rings. The van der Waals surface area contributed by atoms with Crippen molar-refractivity contribution in [3.05, 3.63) is 27.9 Å². The van der Waals surface area contributed by atoms with E-state index in [-0.39, 0.29) is 5.56 Å². The van der Waals surface area contributed by atoms with Gasteiger partial charge in [0, 0.05) is 18.7 Å². The maximum atomic E-state index is 11.3. The summed E-state index contributed by atoms with van der Waals surface area (Å²) in [6.07, 6.45) is 2.29. The Labute approximate surface area is 70.2 Å². The zero-order valence-corrected chi connectivity index (χ0v) is 7.00. The Hall–Kier alpha value is -1.16. The third-order valence-electron chi connectivity index (χ3n) is 2.20. The van der Waals surface area contributed by atoms with E-state index in [1.165, 1.54) is 6.33 Å². The Morgan fingerprint density at radius 2 is 2.50 bits per heavy atom. The van der Waals surface area contributed by atoms with Crippen LogP contribution in [0.3, 0.4) is 0 Å². The number of nitrogens with one attached hydrogen (secondary N) is 1. The topological polar surface area (TPSA) is 49.0 Å². The lowest BCUT2D eigenvalue weighted by Crippen LogP contribution is -2.32. The van der Waals surface area contributed by atoms with Gasteiger partial charge >= 0.3 is 0 Å². The highest BCUT2D eigenvalue weighted by atomic mass is 16.1. The molecule has 1 aliphatic heterocycles. The van der Waals surface area contributed by atoms with Gasteiger partial charge in [-0.05, 0) is 13.5 Å². The Balaban J connectivity index is 2.49. The molecule has 1 aromatic heterocycles. The van der Waals surface area contributed by atoms with E-state index in [2.05, 4.69) is 14.9 Å². The van der Waals surface area contributed by atoms with Gasteiger partial charge in [0.1, 0.15) is 0 Å². The van der Waals surface area contributed by atoms with Crippen molar-refractivity contribution in [1.29, 1.82) is 0 Å². The van der Waals surface area contributed by atoms with Crippen LogP contribution in [0.1, 0.15) is 11.3 Å². The summed E-state index contributed by atoms with van der Waals surface area (Å²) in [4.78, 5) is 20.1. The summed E-state index contributed by atoms with van der Waals surface area (Å²) in [6, 6.07) is 0. The maximum absolute atomic E-state index is 11.3. The maximum Gasteiger partial charge on any atom is 0.254 e. The van der Waals surface area contributed by atoms with Gasteiger partial charge in [0.2, 0.25) is 0 Å². The molecule has 0 spiro atoms. The van der Waals surface area contributed by atoms with Crippen LogP contribution in [-0.2, 0) is 13.0 Å². The van der Waals surface area contributed by atoms with E-state index in [4.69, 9.17) is 0 Å². The Morgan fingerprint density at radius 1 is 1.67 bits per heavy atom. The predicted molar refractivity (Wildman–Crippen MR) is 44.9 cm³/mol. The smallest absolute Gasteiger partial charge is 0.254 e. The van der Waals surface area contributed by atoms with Crippen LogP contribution < -0.4 is 5.56 Å². The first-order valence-electron chi connectivity index (χ1n) is 4.01. The van der Waals surface area contributed by atoms with Gasteiger partial charge in [0.25, 0.3) is 5.56 Å². The zero-order chi connectivity index (χ0) is 8.55. The number of hydrogen-bond acceptors (Lipinski definition) is 3. The highest BCUT2D eigenvalue weighted by Crippen LogP contribution is 2.09. The molecule has 0 bridgehead atoms. The van der Waals surface area contributed by atoms with Gasteiger partial charge in [-0.2, -0.15) is 0 Å². The van der Waals surface area contributed by atoms with Crippen molar-refractivity contribution in [3.63, 3.8) is 0 Å². The molecule has 0 saturated heterocycles. The van der Waals surface area contributed by atoms with E-state index in [0.717, 1.165) is 30.8 Å². The van der Waals surface area contributed by atoms with Crippen LogP contribution in [0.4, 0.5) is 0 Å². The normalized spacial score (nSPS) is 17.4. The quantitative estimate of drug-likeness (QED) is 0.577. The van der Waals surface area contributed by atoms with Crippen molar-refractivity contribution in [2.45, 2.75) is 13.0 Å². The Morgan fingerprint density at radius 3 is 3.33 bits per heavy atom. The lowest BCUT2D eigenvalue weighted by atomic mass is 10.1. The summed E-state index contributed by atoms with van der Waals surface area (Å²) in [5, 5.41) is 0. The van der Waals surface area contributed by atoms with Crippen LogP contribution in [0.2, 0.25) is 0 Å². The number of rotatable bonds is 0. The molecular formula is C8H11N3O. The van der Waals surface area contributed by atoms with E-state index in [1.54, 1.807) is 0 Å². The molecule has 0 atom stereocenters. The molecule has 64 valence electrons.